The zero-order valence-electron chi connectivity index (χ0n) is 30.5. The Balaban J connectivity index is 0.898. The van der Waals surface area contributed by atoms with Crippen molar-refractivity contribution in [3.63, 3.8) is 0 Å². The van der Waals surface area contributed by atoms with Crippen molar-refractivity contribution in [3.8, 4) is 11.1 Å². The molecular weight excluding hydrogens is 653 g/mol. The summed E-state index contributed by atoms with van der Waals surface area (Å²) in [5.41, 5.74) is 14.2. The summed E-state index contributed by atoms with van der Waals surface area (Å²) in [5, 5.41) is 0. The second kappa shape index (κ2) is 16.8. The maximum atomic E-state index is 2.33. The predicted molar refractivity (Wildman–Crippen MR) is 233 cm³/mol. The number of benzene rings is 6. The van der Waals surface area contributed by atoms with Crippen LogP contribution in [0, 0.1) is 0 Å². The first kappa shape index (κ1) is 34.4. The van der Waals surface area contributed by atoms with Crippen molar-refractivity contribution in [2.75, 3.05) is 9.80 Å². The van der Waals surface area contributed by atoms with Crippen LogP contribution in [0.15, 0.2) is 206 Å². The molecule has 54 heavy (non-hydrogen) atoms. The van der Waals surface area contributed by atoms with Gasteiger partial charge in [0.15, 0.2) is 0 Å². The molecule has 0 radical (unpaired) electrons. The number of anilines is 4. The summed E-state index contributed by atoms with van der Waals surface area (Å²) >= 11 is 0. The van der Waals surface area contributed by atoms with Gasteiger partial charge in [0.05, 0.1) is 0 Å². The van der Waals surface area contributed by atoms with Gasteiger partial charge in [0.2, 0.25) is 0 Å². The summed E-state index contributed by atoms with van der Waals surface area (Å²) in [6, 6.07) is 56.4. The molecule has 0 saturated carbocycles. The number of nitrogens with zero attached hydrogens (tertiary/aromatic N) is 2. The Kier molecular flexibility index (Phi) is 10.7. The molecule has 6 aromatic rings. The Hall–Kier alpha value is -6.64. The lowest BCUT2D eigenvalue weighted by atomic mass is 10.0. The quantitative estimate of drug-likeness (QED) is 0.124. The third-order valence-corrected chi connectivity index (χ3v) is 9.89. The van der Waals surface area contributed by atoms with E-state index in [0.29, 0.717) is 0 Å². The van der Waals surface area contributed by atoms with Gasteiger partial charge in [-0.2, -0.15) is 0 Å². The first-order valence-corrected chi connectivity index (χ1v) is 19.0. The van der Waals surface area contributed by atoms with Crippen LogP contribution in [0.25, 0.3) is 35.4 Å². The fraction of sp³-hybridized carbons (Fsp3) is 0.0769. The van der Waals surface area contributed by atoms with Crippen molar-refractivity contribution >= 4 is 47.1 Å². The maximum absolute atomic E-state index is 2.33. The molecule has 2 aliphatic carbocycles. The van der Waals surface area contributed by atoms with E-state index in [1.165, 1.54) is 56.1 Å². The van der Waals surface area contributed by atoms with Crippen molar-refractivity contribution in [2.45, 2.75) is 25.7 Å². The van der Waals surface area contributed by atoms with E-state index in [9.17, 15) is 0 Å². The zero-order valence-corrected chi connectivity index (χ0v) is 30.5. The molecule has 0 atom stereocenters. The minimum Gasteiger partial charge on any atom is -0.311 e. The minimum atomic E-state index is 1.07. The highest BCUT2D eigenvalue weighted by Crippen LogP contribution is 2.34. The zero-order chi connectivity index (χ0) is 36.4. The molecule has 6 aromatic carbocycles. The largest absolute Gasteiger partial charge is 0.311 e. The Morgan fingerprint density at radius 2 is 0.630 bits per heavy atom. The minimum absolute atomic E-state index is 1.07. The van der Waals surface area contributed by atoms with Crippen LogP contribution in [0.1, 0.15) is 47.9 Å². The molecule has 2 aliphatic rings. The van der Waals surface area contributed by atoms with Gasteiger partial charge in [-0.25, -0.2) is 0 Å². The molecule has 0 bridgehead atoms. The normalized spacial score (nSPS) is 13.9. The molecular formula is C52H44N2. The molecule has 8 rings (SSSR count). The van der Waals surface area contributed by atoms with E-state index in [1.54, 1.807) is 0 Å². The predicted octanol–water partition coefficient (Wildman–Crippen LogP) is 14.4. The fourth-order valence-corrected chi connectivity index (χ4v) is 7.01. The molecule has 0 unspecified atom stereocenters. The Morgan fingerprint density at radius 3 is 0.944 bits per heavy atom. The number of para-hydroxylation sites is 2. The second-order valence-electron chi connectivity index (χ2n) is 13.7. The summed E-state index contributed by atoms with van der Waals surface area (Å²) in [6.07, 6.45) is 26.7. The molecule has 0 spiro atoms. The molecule has 262 valence electrons. The van der Waals surface area contributed by atoms with Crippen LogP contribution in [-0.4, -0.2) is 0 Å². The molecule has 2 nitrogen and oxygen atoms in total. The summed E-state index contributed by atoms with van der Waals surface area (Å²) in [7, 11) is 0. The molecule has 0 aliphatic heterocycles. The van der Waals surface area contributed by atoms with Crippen LogP contribution >= 0.6 is 0 Å². The molecule has 0 amide bonds. The maximum Gasteiger partial charge on any atom is 0.0461 e. The van der Waals surface area contributed by atoms with Crippen LogP contribution < -0.4 is 9.80 Å². The van der Waals surface area contributed by atoms with Gasteiger partial charge in [0.1, 0.15) is 0 Å². The van der Waals surface area contributed by atoms with Crippen LogP contribution in [0.2, 0.25) is 0 Å². The highest BCUT2D eigenvalue weighted by Gasteiger charge is 2.15. The van der Waals surface area contributed by atoms with E-state index in [1.807, 2.05) is 0 Å². The lowest BCUT2D eigenvalue weighted by Crippen LogP contribution is -2.16. The van der Waals surface area contributed by atoms with Gasteiger partial charge < -0.3 is 9.80 Å². The highest BCUT2D eigenvalue weighted by atomic mass is 15.2. The van der Waals surface area contributed by atoms with Crippen molar-refractivity contribution in [1.29, 1.82) is 0 Å². The van der Waals surface area contributed by atoms with Crippen molar-refractivity contribution in [2.24, 2.45) is 0 Å². The third-order valence-electron chi connectivity index (χ3n) is 9.89. The number of rotatable bonds is 11. The van der Waals surface area contributed by atoms with E-state index in [4.69, 9.17) is 0 Å². The van der Waals surface area contributed by atoms with E-state index in [2.05, 4.69) is 228 Å². The SMILES string of the molecule is C1=CC(N(c2ccccc2)c2ccc(/C=C/c3ccc(-c4ccc(/C=C/c5ccc(N(C6=CCCC=C6)c6ccccc6)cc5)cc4)cc3)cc2)=CCC1. The Morgan fingerprint density at radius 1 is 0.315 bits per heavy atom. The lowest BCUT2D eigenvalue weighted by Gasteiger charge is -2.27. The number of hydrogen-bond donors (Lipinski definition) is 0. The van der Waals surface area contributed by atoms with E-state index < -0.39 is 0 Å². The average molecular weight is 697 g/mol. The van der Waals surface area contributed by atoms with Crippen molar-refractivity contribution < 1.29 is 0 Å². The van der Waals surface area contributed by atoms with Crippen molar-refractivity contribution in [3.05, 3.63) is 228 Å². The van der Waals surface area contributed by atoms with E-state index in [-0.39, 0.29) is 0 Å². The lowest BCUT2D eigenvalue weighted by molar-refractivity contribution is 0.997. The molecule has 2 heteroatoms. The highest BCUT2D eigenvalue weighted by molar-refractivity contribution is 5.77. The summed E-state index contributed by atoms with van der Waals surface area (Å²) in [4.78, 5) is 4.66. The average Bonchev–Trinajstić information content (AvgIpc) is 3.25. The second-order valence-corrected chi connectivity index (χ2v) is 13.7. The van der Waals surface area contributed by atoms with Gasteiger partial charge in [0.25, 0.3) is 0 Å². The van der Waals surface area contributed by atoms with Gasteiger partial charge >= 0.3 is 0 Å². The van der Waals surface area contributed by atoms with Gasteiger partial charge in [-0.15, -0.1) is 0 Å². The first-order valence-electron chi connectivity index (χ1n) is 19.0. The topological polar surface area (TPSA) is 6.48 Å². The molecule has 0 fully saturated rings. The standard InChI is InChI=1S/C52H44N2/c1-5-13-47(14-6-1)53(48-15-7-2-8-16-48)51-37-29-43(30-38-51)23-21-41-25-33-45(34-26-41)46-35-27-42(28-36-46)22-24-44-31-39-52(40-32-44)54(49-17-9-3-10-18-49)50-19-11-4-12-20-50/h1,3,5-7,9-11,13-40H,2,4,8,12H2/b23-21+,24-22+. The third kappa shape index (κ3) is 8.36. The van der Waals surface area contributed by atoms with Gasteiger partial charge in [-0.05, 0) is 120 Å². The van der Waals surface area contributed by atoms with Crippen LogP contribution in [0.5, 0.6) is 0 Å². The Labute approximate surface area is 320 Å². The monoisotopic (exact) mass is 696 g/mol. The van der Waals surface area contributed by atoms with Gasteiger partial charge in [-0.3, -0.25) is 0 Å². The van der Waals surface area contributed by atoms with E-state index in [0.717, 1.165) is 37.1 Å². The summed E-state index contributed by atoms with van der Waals surface area (Å²) in [5.74, 6) is 0. The van der Waals surface area contributed by atoms with Crippen LogP contribution in [-0.2, 0) is 0 Å². The van der Waals surface area contributed by atoms with Crippen molar-refractivity contribution in [1.82, 2.24) is 0 Å². The first-order chi connectivity index (χ1) is 26.8. The van der Waals surface area contributed by atoms with Gasteiger partial charge in [0, 0.05) is 34.1 Å². The van der Waals surface area contributed by atoms with Gasteiger partial charge in [-0.1, -0.05) is 158 Å². The summed E-state index contributed by atoms with van der Waals surface area (Å²) < 4.78 is 0. The fourth-order valence-electron chi connectivity index (χ4n) is 7.01. The van der Waals surface area contributed by atoms with E-state index >= 15 is 0 Å². The molecule has 0 saturated heterocycles. The number of allylic oxidation sites excluding steroid dienone is 6. The summed E-state index contributed by atoms with van der Waals surface area (Å²) in [6.45, 7) is 0. The Bertz CT molecular complexity index is 2150. The van der Waals surface area contributed by atoms with Crippen LogP contribution in [0.3, 0.4) is 0 Å². The smallest absolute Gasteiger partial charge is 0.0461 e. The van der Waals surface area contributed by atoms with Crippen LogP contribution in [0.4, 0.5) is 22.7 Å². The number of hydrogen-bond acceptors (Lipinski definition) is 2. The molecule has 0 N–H and O–H groups in total. The molecule has 0 heterocycles. The molecule has 0 aromatic heterocycles.